The van der Waals surface area contributed by atoms with Gasteiger partial charge in [0.25, 0.3) is 0 Å². The highest BCUT2D eigenvalue weighted by atomic mass is 32.2. The molecule has 3 nitrogen and oxygen atoms in total. The van der Waals surface area contributed by atoms with Crippen LogP contribution in [0.4, 0.5) is 0 Å². The first-order valence-electron chi connectivity index (χ1n) is 5.66. The zero-order chi connectivity index (χ0) is 12.7. The summed E-state index contributed by atoms with van der Waals surface area (Å²) in [4.78, 5) is 10.9. The summed E-state index contributed by atoms with van der Waals surface area (Å²) in [5, 5.41) is 18.0. The molecule has 0 spiro atoms. The van der Waals surface area contributed by atoms with E-state index in [0.29, 0.717) is 6.42 Å². The average Bonchev–Trinajstić information content (AvgIpc) is 2.29. The quantitative estimate of drug-likeness (QED) is 0.785. The minimum absolute atomic E-state index is 0.0461. The van der Waals surface area contributed by atoms with E-state index in [1.54, 1.807) is 11.8 Å². The Morgan fingerprint density at radius 3 is 2.53 bits per heavy atom. The highest BCUT2D eigenvalue weighted by Gasteiger charge is 2.18. The minimum Gasteiger partial charge on any atom is -0.481 e. The third-order valence-electron chi connectivity index (χ3n) is 2.46. The molecule has 0 aliphatic heterocycles. The van der Waals surface area contributed by atoms with Crippen molar-refractivity contribution in [3.63, 3.8) is 0 Å². The first-order valence-corrected chi connectivity index (χ1v) is 6.60. The first-order chi connectivity index (χ1) is 8.13. The zero-order valence-corrected chi connectivity index (χ0v) is 10.7. The summed E-state index contributed by atoms with van der Waals surface area (Å²) in [7, 11) is 0. The van der Waals surface area contributed by atoms with Crippen molar-refractivity contribution in [3.05, 3.63) is 35.9 Å². The highest BCUT2D eigenvalue weighted by Crippen LogP contribution is 2.35. The van der Waals surface area contributed by atoms with Crippen LogP contribution < -0.4 is 0 Å². The molecule has 0 heterocycles. The van der Waals surface area contributed by atoms with Gasteiger partial charge in [-0.15, -0.1) is 11.8 Å². The van der Waals surface area contributed by atoms with Crippen molar-refractivity contribution >= 4 is 17.7 Å². The van der Waals surface area contributed by atoms with Gasteiger partial charge in [0.1, 0.15) is 0 Å². The van der Waals surface area contributed by atoms with E-state index in [2.05, 4.69) is 0 Å². The Labute approximate surface area is 106 Å². The summed E-state index contributed by atoms with van der Waals surface area (Å²) < 4.78 is 0. The fourth-order valence-electron chi connectivity index (χ4n) is 1.60. The maximum Gasteiger partial charge on any atom is 0.304 e. The smallest absolute Gasteiger partial charge is 0.304 e. The van der Waals surface area contributed by atoms with Crippen LogP contribution in [0, 0.1) is 0 Å². The molecule has 94 valence electrons. The summed E-state index contributed by atoms with van der Waals surface area (Å²) in [5.41, 5.74) is 1.03. The molecule has 0 saturated carbocycles. The van der Waals surface area contributed by atoms with Crippen molar-refractivity contribution < 1.29 is 15.0 Å². The second kappa shape index (κ2) is 7.35. The van der Waals surface area contributed by atoms with Crippen LogP contribution in [0.3, 0.4) is 0 Å². The monoisotopic (exact) mass is 254 g/mol. The lowest BCUT2D eigenvalue weighted by Crippen LogP contribution is -2.08. The molecule has 1 aromatic rings. The Morgan fingerprint density at radius 1 is 1.35 bits per heavy atom. The number of aliphatic hydroxyl groups is 1. The number of carboxylic acid groups (broad SMARTS) is 1. The molecule has 1 aromatic carbocycles. The number of hydrogen-bond acceptors (Lipinski definition) is 3. The molecule has 0 aliphatic rings. The summed E-state index contributed by atoms with van der Waals surface area (Å²) in [5.74, 6) is -0.789. The van der Waals surface area contributed by atoms with Crippen LogP contribution in [0.5, 0.6) is 0 Å². The molecular weight excluding hydrogens is 236 g/mol. The molecule has 0 bridgehead atoms. The summed E-state index contributed by atoms with van der Waals surface area (Å²) >= 11 is 1.61. The van der Waals surface area contributed by atoms with Gasteiger partial charge in [-0.2, -0.15) is 0 Å². The van der Waals surface area contributed by atoms with Crippen molar-refractivity contribution in [1.29, 1.82) is 0 Å². The molecular formula is C13H18O3S. The lowest BCUT2D eigenvalue weighted by molar-refractivity contribution is -0.137. The minimum atomic E-state index is -0.789. The van der Waals surface area contributed by atoms with Crippen molar-refractivity contribution in [2.24, 2.45) is 0 Å². The van der Waals surface area contributed by atoms with Gasteiger partial charge in [0.2, 0.25) is 0 Å². The average molecular weight is 254 g/mol. The lowest BCUT2D eigenvalue weighted by atomic mass is 10.1. The molecule has 0 aliphatic carbocycles. The van der Waals surface area contributed by atoms with E-state index in [1.165, 1.54) is 0 Å². The van der Waals surface area contributed by atoms with Crippen LogP contribution in [-0.2, 0) is 4.79 Å². The van der Waals surface area contributed by atoms with E-state index in [4.69, 9.17) is 10.2 Å². The summed E-state index contributed by atoms with van der Waals surface area (Å²) in [6.45, 7) is 2.15. The summed E-state index contributed by atoms with van der Waals surface area (Å²) in [6, 6.07) is 9.66. The summed E-state index contributed by atoms with van der Waals surface area (Å²) in [6.07, 6.45) is 0.804. The standard InChI is InChI=1S/C13H18O3S/c1-10(7-8-14)17-12(9-13(15)16)11-5-3-2-4-6-11/h2-6,10,12,14H,7-9H2,1H3,(H,15,16). The predicted octanol–water partition coefficient (Wildman–Crippen LogP) is 2.71. The number of benzene rings is 1. The molecule has 2 unspecified atom stereocenters. The van der Waals surface area contributed by atoms with Crippen molar-refractivity contribution in [3.8, 4) is 0 Å². The number of carbonyl (C=O) groups is 1. The largest absolute Gasteiger partial charge is 0.481 e. The Kier molecular flexibility index (Phi) is 6.08. The van der Waals surface area contributed by atoms with Crippen LogP contribution >= 0.6 is 11.8 Å². The van der Waals surface area contributed by atoms with Gasteiger partial charge in [0.15, 0.2) is 0 Å². The van der Waals surface area contributed by atoms with Crippen LogP contribution in [-0.4, -0.2) is 28.0 Å². The second-order valence-corrected chi connectivity index (χ2v) is 5.60. The van der Waals surface area contributed by atoms with E-state index >= 15 is 0 Å². The third kappa shape index (κ3) is 5.24. The molecule has 0 saturated heterocycles. The molecule has 0 aromatic heterocycles. The van der Waals surface area contributed by atoms with Gasteiger partial charge in [-0.3, -0.25) is 4.79 Å². The van der Waals surface area contributed by atoms with E-state index in [1.807, 2.05) is 37.3 Å². The molecule has 0 radical (unpaired) electrons. The second-order valence-electron chi connectivity index (χ2n) is 3.96. The highest BCUT2D eigenvalue weighted by molar-refractivity contribution is 8.00. The Bertz CT molecular complexity index is 340. The van der Waals surface area contributed by atoms with Gasteiger partial charge in [-0.1, -0.05) is 37.3 Å². The SMILES string of the molecule is CC(CCO)SC(CC(=O)O)c1ccccc1. The number of rotatable bonds is 7. The maximum absolute atomic E-state index is 10.9. The number of aliphatic hydroxyl groups excluding tert-OH is 1. The lowest BCUT2D eigenvalue weighted by Gasteiger charge is -2.19. The number of thioether (sulfide) groups is 1. The van der Waals surface area contributed by atoms with Gasteiger partial charge >= 0.3 is 5.97 Å². The normalized spacial score (nSPS) is 14.2. The van der Waals surface area contributed by atoms with Crippen LogP contribution in [0.2, 0.25) is 0 Å². The van der Waals surface area contributed by atoms with Crippen LogP contribution in [0.1, 0.15) is 30.6 Å². The number of carboxylic acids is 1. The van der Waals surface area contributed by atoms with Gasteiger partial charge < -0.3 is 10.2 Å². The maximum atomic E-state index is 10.9. The molecule has 0 amide bonds. The van der Waals surface area contributed by atoms with Crippen molar-refractivity contribution in [2.45, 2.75) is 30.3 Å². The first kappa shape index (κ1) is 14.1. The van der Waals surface area contributed by atoms with Gasteiger partial charge in [0, 0.05) is 17.1 Å². The van der Waals surface area contributed by atoms with E-state index in [0.717, 1.165) is 5.56 Å². The van der Waals surface area contributed by atoms with Crippen molar-refractivity contribution in [2.75, 3.05) is 6.61 Å². The fraction of sp³-hybridized carbons (Fsp3) is 0.462. The molecule has 2 N–H and O–H groups in total. The Balaban J connectivity index is 2.70. The molecule has 2 atom stereocenters. The molecule has 4 heteroatoms. The van der Waals surface area contributed by atoms with E-state index in [9.17, 15) is 4.79 Å². The third-order valence-corrected chi connectivity index (χ3v) is 3.93. The molecule has 17 heavy (non-hydrogen) atoms. The van der Waals surface area contributed by atoms with Crippen molar-refractivity contribution in [1.82, 2.24) is 0 Å². The number of aliphatic carboxylic acids is 1. The van der Waals surface area contributed by atoms with Crippen LogP contribution in [0.25, 0.3) is 0 Å². The van der Waals surface area contributed by atoms with Crippen LogP contribution in [0.15, 0.2) is 30.3 Å². The van der Waals surface area contributed by atoms with Gasteiger partial charge in [-0.25, -0.2) is 0 Å². The fourth-order valence-corrected chi connectivity index (χ4v) is 2.96. The Hall–Kier alpha value is -1.00. The molecule has 0 fully saturated rings. The topological polar surface area (TPSA) is 57.5 Å². The zero-order valence-electron chi connectivity index (χ0n) is 9.87. The number of hydrogen-bond donors (Lipinski definition) is 2. The van der Waals surface area contributed by atoms with Gasteiger partial charge in [-0.05, 0) is 12.0 Å². The predicted molar refractivity (Wildman–Crippen MR) is 70.2 cm³/mol. The van der Waals surface area contributed by atoms with E-state index < -0.39 is 5.97 Å². The Morgan fingerprint density at radius 2 is 2.00 bits per heavy atom. The van der Waals surface area contributed by atoms with E-state index in [-0.39, 0.29) is 23.5 Å². The molecule has 1 rings (SSSR count). The van der Waals surface area contributed by atoms with Gasteiger partial charge in [0.05, 0.1) is 6.42 Å².